The van der Waals surface area contributed by atoms with E-state index < -0.39 is 0 Å². The molecule has 0 bridgehead atoms. The first-order valence-electron chi connectivity index (χ1n) is 7.93. The Bertz CT molecular complexity index is 1020. The molecular weight excluding hydrogens is 336 g/mol. The van der Waals surface area contributed by atoms with Crippen LogP contribution in [0.4, 0.5) is 0 Å². The topological polar surface area (TPSA) is 80.9 Å². The lowest BCUT2D eigenvalue weighted by Crippen LogP contribution is -2.05. The van der Waals surface area contributed by atoms with Gasteiger partial charge in [0.05, 0.1) is 6.33 Å². The lowest BCUT2D eigenvalue weighted by atomic mass is 10.2. The number of benzene rings is 1. The molecule has 1 N–H and O–H groups in total. The maximum Gasteiger partial charge on any atom is 0.266 e. The highest BCUT2D eigenvalue weighted by Crippen LogP contribution is 2.21. The third kappa shape index (κ3) is 3.48. The molecule has 0 aliphatic heterocycles. The maximum absolute atomic E-state index is 11.7. The predicted molar refractivity (Wildman–Crippen MR) is 96.6 cm³/mol. The fourth-order valence-electron chi connectivity index (χ4n) is 2.53. The molecule has 8 heteroatoms. The van der Waals surface area contributed by atoms with Gasteiger partial charge in [-0.15, -0.1) is 0 Å². The first-order chi connectivity index (χ1) is 12.3. The molecule has 0 atom stereocenters. The van der Waals surface area contributed by atoms with Crippen molar-refractivity contribution in [1.82, 2.24) is 29.1 Å². The number of aromatic amines is 1. The van der Waals surface area contributed by atoms with Crippen molar-refractivity contribution in [3.8, 4) is 11.4 Å². The second-order valence-electron chi connectivity index (χ2n) is 5.51. The van der Waals surface area contributed by atoms with Crippen molar-refractivity contribution < 1.29 is 0 Å². The van der Waals surface area contributed by atoms with Gasteiger partial charge in [-0.3, -0.25) is 9.89 Å². The van der Waals surface area contributed by atoms with Gasteiger partial charge in [0.2, 0.25) is 0 Å². The van der Waals surface area contributed by atoms with Crippen molar-refractivity contribution in [2.24, 2.45) is 0 Å². The van der Waals surface area contributed by atoms with E-state index in [1.165, 1.54) is 6.07 Å². The summed E-state index contributed by atoms with van der Waals surface area (Å²) in [5.41, 5.74) is 1.33. The van der Waals surface area contributed by atoms with Crippen molar-refractivity contribution in [3.63, 3.8) is 0 Å². The number of H-pyrrole nitrogens is 1. The standard InChI is InChI=1S/C17H16N6OS/c24-15-11-14-19-16(13-5-2-1-3-6-13)20-17(23(14)21-15)25-10-4-8-22-9-7-18-12-22/h1-3,5-7,9,11-12H,4,8,10H2,(H,21,24). The normalized spacial score (nSPS) is 11.2. The number of nitrogens with zero attached hydrogens (tertiary/aromatic N) is 5. The number of aryl methyl sites for hydroxylation is 1. The fraction of sp³-hybridized carbons (Fsp3) is 0.176. The van der Waals surface area contributed by atoms with Gasteiger partial charge < -0.3 is 4.57 Å². The van der Waals surface area contributed by atoms with Crippen LogP contribution in [0.5, 0.6) is 0 Å². The molecule has 0 saturated carbocycles. The van der Waals surface area contributed by atoms with Crippen LogP contribution in [0.3, 0.4) is 0 Å². The van der Waals surface area contributed by atoms with Crippen LogP contribution >= 0.6 is 11.8 Å². The van der Waals surface area contributed by atoms with Gasteiger partial charge in [-0.1, -0.05) is 42.1 Å². The van der Waals surface area contributed by atoms with Crippen LogP contribution in [0, 0.1) is 0 Å². The largest absolute Gasteiger partial charge is 0.337 e. The zero-order chi connectivity index (χ0) is 17.1. The first-order valence-corrected chi connectivity index (χ1v) is 8.92. The molecule has 25 heavy (non-hydrogen) atoms. The lowest BCUT2D eigenvalue weighted by Gasteiger charge is -2.07. The number of fused-ring (bicyclic) bond motifs is 1. The number of nitrogens with one attached hydrogen (secondary N) is 1. The summed E-state index contributed by atoms with van der Waals surface area (Å²) in [5, 5.41) is 3.49. The average molecular weight is 352 g/mol. The van der Waals surface area contributed by atoms with Crippen molar-refractivity contribution >= 4 is 17.4 Å². The highest BCUT2D eigenvalue weighted by Gasteiger charge is 2.11. The third-order valence-electron chi connectivity index (χ3n) is 3.71. The van der Waals surface area contributed by atoms with E-state index in [1.807, 2.05) is 47.4 Å². The molecule has 4 aromatic rings. The van der Waals surface area contributed by atoms with Crippen molar-refractivity contribution in [1.29, 1.82) is 0 Å². The van der Waals surface area contributed by atoms with Crippen LogP contribution in [-0.2, 0) is 6.54 Å². The second kappa shape index (κ2) is 6.94. The Kier molecular flexibility index (Phi) is 4.34. The number of aromatic nitrogens is 6. The minimum atomic E-state index is -0.181. The summed E-state index contributed by atoms with van der Waals surface area (Å²) in [6.45, 7) is 0.898. The van der Waals surface area contributed by atoms with E-state index in [0.717, 1.165) is 29.4 Å². The highest BCUT2D eigenvalue weighted by atomic mass is 32.2. The van der Waals surface area contributed by atoms with Gasteiger partial charge >= 0.3 is 0 Å². The molecular formula is C17H16N6OS. The van der Waals surface area contributed by atoms with Gasteiger partial charge in [-0.25, -0.2) is 19.5 Å². The van der Waals surface area contributed by atoms with E-state index in [9.17, 15) is 4.79 Å². The molecule has 0 amide bonds. The van der Waals surface area contributed by atoms with E-state index in [1.54, 1.807) is 22.5 Å². The first kappa shape index (κ1) is 15.6. The summed E-state index contributed by atoms with van der Waals surface area (Å²) in [6, 6.07) is 11.3. The third-order valence-corrected chi connectivity index (χ3v) is 4.73. The second-order valence-corrected chi connectivity index (χ2v) is 6.57. The molecule has 0 radical (unpaired) electrons. The van der Waals surface area contributed by atoms with Crippen LogP contribution in [-0.4, -0.2) is 34.9 Å². The fourth-order valence-corrected chi connectivity index (χ4v) is 3.40. The van der Waals surface area contributed by atoms with Crippen LogP contribution in [0.1, 0.15) is 6.42 Å². The Morgan fingerprint density at radius 3 is 2.84 bits per heavy atom. The Morgan fingerprint density at radius 1 is 1.16 bits per heavy atom. The molecule has 0 fully saturated rings. The molecule has 1 aromatic carbocycles. The number of thioether (sulfide) groups is 1. The van der Waals surface area contributed by atoms with Crippen LogP contribution in [0.25, 0.3) is 17.0 Å². The quantitative estimate of drug-likeness (QED) is 0.426. The van der Waals surface area contributed by atoms with Crippen molar-refractivity contribution in [3.05, 3.63) is 65.5 Å². The van der Waals surface area contributed by atoms with Crippen molar-refractivity contribution in [2.75, 3.05) is 5.75 Å². The molecule has 4 rings (SSSR count). The zero-order valence-electron chi connectivity index (χ0n) is 13.4. The zero-order valence-corrected chi connectivity index (χ0v) is 14.2. The van der Waals surface area contributed by atoms with E-state index in [0.29, 0.717) is 11.5 Å². The Balaban J connectivity index is 1.59. The minimum absolute atomic E-state index is 0.181. The molecule has 0 aliphatic carbocycles. The van der Waals surface area contributed by atoms with E-state index in [4.69, 9.17) is 0 Å². The van der Waals surface area contributed by atoms with Crippen molar-refractivity contribution in [2.45, 2.75) is 18.1 Å². The van der Waals surface area contributed by atoms with Gasteiger partial charge in [0, 0.05) is 36.3 Å². The SMILES string of the molecule is O=c1cc2nc(-c3ccccc3)nc(SCCCn3ccnc3)n2[nH]1. The highest BCUT2D eigenvalue weighted by molar-refractivity contribution is 7.99. The van der Waals surface area contributed by atoms with Crippen LogP contribution < -0.4 is 5.56 Å². The van der Waals surface area contributed by atoms with Gasteiger partial charge in [0.1, 0.15) is 0 Å². The molecule has 126 valence electrons. The van der Waals surface area contributed by atoms with Crippen LogP contribution in [0.2, 0.25) is 0 Å². The summed E-state index contributed by atoms with van der Waals surface area (Å²) >= 11 is 1.60. The average Bonchev–Trinajstić information content (AvgIpc) is 3.27. The van der Waals surface area contributed by atoms with Gasteiger partial charge in [-0.05, 0) is 6.42 Å². The lowest BCUT2D eigenvalue weighted by molar-refractivity contribution is 0.681. The van der Waals surface area contributed by atoms with E-state index >= 15 is 0 Å². The van der Waals surface area contributed by atoms with Gasteiger partial charge in [-0.2, -0.15) is 0 Å². The minimum Gasteiger partial charge on any atom is -0.337 e. The van der Waals surface area contributed by atoms with Crippen LogP contribution in [0.15, 0.2) is 65.1 Å². The summed E-state index contributed by atoms with van der Waals surface area (Å²) < 4.78 is 3.69. The number of imidazole rings is 1. The van der Waals surface area contributed by atoms with E-state index in [-0.39, 0.29) is 5.56 Å². The van der Waals surface area contributed by atoms with Gasteiger partial charge in [0.15, 0.2) is 16.6 Å². The maximum atomic E-state index is 11.7. The predicted octanol–water partition coefficient (Wildman–Crippen LogP) is 2.46. The summed E-state index contributed by atoms with van der Waals surface area (Å²) in [4.78, 5) is 24.9. The smallest absolute Gasteiger partial charge is 0.266 e. The molecule has 0 aliphatic rings. The number of rotatable bonds is 6. The monoisotopic (exact) mass is 352 g/mol. The molecule has 3 aromatic heterocycles. The molecule has 7 nitrogen and oxygen atoms in total. The molecule has 0 saturated heterocycles. The van der Waals surface area contributed by atoms with E-state index in [2.05, 4.69) is 20.1 Å². The number of hydrogen-bond donors (Lipinski definition) is 1. The Hall–Kier alpha value is -2.87. The molecule has 0 unspecified atom stereocenters. The summed E-state index contributed by atoms with van der Waals surface area (Å²) in [7, 11) is 0. The molecule has 0 spiro atoms. The number of hydrogen-bond acceptors (Lipinski definition) is 5. The Labute approximate surface area is 147 Å². The Morgan fingerprint density at radius 2 is 2.04 bits per heavy atom. The molecule has 3 heterocycles. The van der Waals surface area contributed by atoms with Gasteiger partial charge in [0.25, 0.3) is 5.56 Å². The summed E-state index contributed by atoms with van der Waals surface area (Å²) in [6.07, 6.45) is 6.51. The summed E-state index contributed by atoms with van der Waals surface area (Å²) in [5.74, 6) is 1.50.